The second kappa shape index (κ2) is 8.44. The first-order chi connectivity index (χ1) is 14.5. The van der Waals surface area contributed by atoms with Crippen LogP contribution in [0.2, 0.25) is 0 Å². The van der Waals surface area contributed by atoms with Gasteiger partial charge in [0.05, 0.1) is 31.0 Å². The first-order valence-electron chi connectivity index (χ1n) is 9.58. The van der Waals surface area contributed by atoms with Crippen LogP contribution in [0.25, 0.3) is 0 Å². The summed E-state index contributed by atoms with van der Waals surface area (Å²) in [5.74, 6) is -0.658. The maximum Gasteiger partial charge on any atom is 0.291 e. The van der Waals surface area contributed by atoms with Gasteiger partial charge in [0, 0.05) is 13.0 Å². The number of carbonyl (C=O) groups is 2. The molecule has 9 nitrogen and oxygen atoms in total. The van der Waals surface area contributed by atoms with E-state index in [1.54, 1.807) is 6.92 Å². The second-order valence-corrected chi connectivity index (χ2v) is 7.21. The van der Waals surface area contributed by atoms with Crippen LogP contribution in [0, 0.1) is 6.92 Å². The standard InChI is InChI=1S/C20H21FN6O3/c1-13-18(30-12-23-13)20(29)27-9-15(21)7-16(27)10-26-11-17(24-25-26)19(28)22-8-14-5-3-2-4-6-14/h2-6,11-12,15-16H,7-10H2,1H3,(H,22,28)/t15-,16-/m0/s1. The largest absolute Gasteiger partial charge is 0.438 e. The Labute approximate surface area is 171 Å². The molecule has 0 saturated carbocycles. The molecule has 30 heavy (non-hydrogen) atoms. The summed E-state index contributed by atoms with van der Waals surface area (Å²) >= 11 is 0. The summed E-state index contributed by atoms with van der Waals surface area (Å²) in [7, 11) is 0. The second-order valence-electron chi connectivity index (χ2n) is 7.21. The van der Waals surface area contributed by atoms with E-state index in [1.165, 1.54) is 22.2 Å². The number of alkyl halides is 1. The van der Waals surface area contributed by atoms with Crippen molar-refractivity contribution in [3.05, 3.63) is 65.6 Å². The van der Waals surface area contributed by atoms with E-state index in [2.05, 4.69) is 20.6 Å². The SMILES string of the molecule is Cc1ncoc1C(=O)N1C[C@@H](F)C[C@H]1Cn1cc(C(=O)NCc2ccccc2)nn1. The van der Waals surface area contributed by atoms with E-state index in [1.807, 2.05) is 30.3 Å². The number of aromatic nitrogens is 4. The average molecular weight is 412 g/mol. The number of likely N-dealkylation sites (tertiary alicyclic amines) is 1. The summed E-state index contributed by atoms with van der Waals surface area (Å²) < 4.78 is 20.7. The van der Waals surface area contributed by atoms with Crippen LogP contribution in [0.1, 0.15) is 38.7 Å². The molecule has 1 aliphatic rings. The van der Waals surface area contributed by atoms with Crippen molar-refractivity contribution in [2.45, 2.75) is 38.6 Å². The molecule has 0 spiro atoms. The molecule has 10 heteroatoms. The molecule has 156 valence electrons. The zero-order valence-corrected chi connectivity index (χ0v) is 16.4. The van der Waals surface area contributed by atoms with Crippen molar-refractivity contribution in [1.29, 1.82) is 0 Å². The molecule has 4 rings (SSSR count). The highest BCUT2D eigenvalue weighted by molar-refractivity contribution is 5.93. The Bertz CT molecular complexity index is 1030. The predicted octanol–water partition coefficient (Wildman–Crippen LogP) is 1.76. The Kier molecular flexibility index (Phi) is 5.55. The molecule has 2 amide bonds. The van der Waals surface area contributed by atoms with Crippen LogP contribution < -0.4 is 5.32 Å². The molecule has 1 fully saturated rings. The van der Waals surface area contributed by atoms with Gasteiger partial charge in [-0.05, 0) is 12.5 Å². The fourth-order valence-electron chi connectivity index (χ4n) is 3.50. The number of halogens is 1. The minimum Gasteiger partial charge on any atom is -0.438 e. The van der Waals surface area contributed by atoms with Crippen LogP contribution in [0.4, 0.5) is 4.39 Å². The van der Waals surface area contributed by atoms with Crippen molar-refractivity contribution in [2.75, 3.05) is 6.54 Å². The smallest absolute Gasteiger partial charge is 0.291 e. The van der Waals surface area contributed by atoms with Gasteiger partial charge in [-0.1, -0.05) is 35.5 Å². The lowest BCUT2D eigenvalue weighted by atomic mass is 10.2. The Balaban J connectivity index is 1.40. The number of rotatable bonds is 6. The molecule has 0 bridgehead atoms. The Morgan fingerprint density at radius 3 is 2.83 bits per heavy atom. The van der Waals surface area contributed by atoms with Gasteiger partial charge in [-0.2, -0.15) is 0 Å². The molecule has 1 N–H and O–H groups in total. The summed E-state index contributed by atoms with van der Waals surface area (Å²) in [5.41, 5.74) is 1.58. The van der Waals surface area contributed by atoms with E-state index in [9.17, 15) is 14.0 Å². The number of oxazole rings is 1. The summed E-state index contributed by atoms with van der Waals surface area (Å²) in [4.78, 5) is 30.4. The molecule has 0 unspecified atom stereocenters. The maximum absolute atomic E-state index is 14.1. The molecule has 1 saturated heterocycles. The van der Waals surface area contributed by atoms with Gasteiger partial charge in [0.15, 0.2) is 12.1 Å². The van der Waals surface area contributed by atoms with E-state index < -0.39 is 18.1 Å². The number of benzene rings is 1. The van der Waals surface area contributed by atoms with Gasteiger partial charge in [0.2, 0.25) is 5.76 Å². The van der Waals surface area contributed by atoms with Gasteiger partial charge >= 0.3 is 0 Å². The van der Waals surface area contributed by atoms with Gasteiger partial charge < -0.3 is 14.6 Å². The third-order valence-electron chi connectivity index (χ3n) is 5.03. The zero-order chi connectivity index (χ0) is 21.1. The molecular formula is C20H21FN6O3. The highest BCUT2D eigenvalue weighted by Crippen LogP contribution is 2.24. The number of carbonyl (C=O) groups excluding carboxylic acids is 2. The minimum absolute atomic E-state index is 0.0250. The third kappa shape index (κ3) is 4.22. The molecule has 2 aromatic heterocycles. The first-order valence-corrected chi connectivity index (χ1v) is 9.58. The molecule has 0 radical (unpaired) electrons. The normalized spacial score (nSPS) is 18.5. The van der Waals surface area contributed by atoms with Gasteiger partial charge in [-0.15, -0.1) is 5.10 Å². The highest BCUT2D eigenvalue weighted by atomic mass is 19.1. The van der Waals surface area contributed by atoms with E-state index in [0.29, 0.717) is 12.2 Å². The minimum atomic E-state index is -1.14. The lowest BCUT2D eigenvalue weighted by Crippen LogP contribution is -2.38. The molecule has 2 atom stereocenters. The van der Waals surface area contributed by atoms with Gasteiger partial charge in [0.1, 0.15) is 6.17 Å². The summed E-state index contributed by atoms with van der Waals surface area (Å²) in [6.45, 7) is 2.23. The Morgan fingerprint density at radius 2 is 2.10 bits per heavy atom. The molecule has 3 heterocycles. The summed E-state index contributed by atoms with van der Waals surface area (Å²) in [6.07, 6.45) is 1.72. The molecule has 3 aromatic rings. The topological polar surface area (TPSA) is 106 Å². The van der Waals surface area contributed by atoms with Crippen LogP contribution in [-0.4, -0.2) is 55.5 Å². The van der Waals surface area contributed by atoms with Crippen LogP contribution in [0.5, 0.6) is 0 Å². The van der Waals surface area contributed by atoms with Crippen LogP contribution in [-0.2, 0) is 13.1 Å². The van der Waals surface area contributed by atoms with Gasteiger partial charge in [-0.25, -0.2) is 14.1 Å². The van der Waals surface area contributed by atoms with Crippen molar-refractivity contribution in [1.82, 2.24) is 30.2 Å². The molecule has 1 aromatic carbocycles. The lowest BCUT2D eigenvalue weighted by molar-refractivity contribution is 0.0681. The molecule has 1 aliphatic heterocycles. The van der Waals surface area contributed by atoms with Gasteiger partial charge in [-0.3, -0.25) is 9.59 Å². The van der Waals surface area contributed by atoms with Crippen molar-refractivity contribution in [2.24, 2.45) is 0 Å². The van der Waals surface area contributed by atoms with E-state index in [0.717, 1.165) is 5.56 Å². The first kappa shape index (κ1) is 19.7. The maximum atomic E-state index is 14.1. The number of aryl methyl sites for hydroxylation is 1. The predicted molar refractivity (Wildman–Crippen MR) is 103 cm³/mol. The highest BCUT2D eigenvalue weighted by Gasteiger charge is 2.38. The Morgan fingerprint density at radius 1 is 1.30 bits per heavy atom. The van der Waals surface area contributed by atoms with Crippen molar-refractivity contribution in [3.63, 3.8) is 0 Å². The number of amides is 2. The fourth-order valence-corrected chi connectivity index (χ4v) is 3.50. The lowest BCUT2D eigenvalue weighted by Gasteiger charge is -2.23. The average Bonchev–Trinajstić information content (AvgIpc) is 3.47. The molecule has 0 aliphatic carbocycles. The fraction of sp³-hybridized carbons (Fsp3) is 0.350. The van der Waals surface area contributed by atoms with Crippen molar-refractivity contribution in [3.8, 4) is 0 Å². The number of nitrogens with one attached hydrogen (secondary N) is 1. The van der Waals surface area contributed by atoms with Crippen LogP contribution >= 0.6 is 0 Å². The van der Waals surface area contributed by atoms with Crippen LogP contribution in [0.15, 0.2) is 47.3 Å². The summed E-state index contributed by atoms with van der Waals surface area (Å²) in [5, 5.41) is 10.6. The number of hydrogen-bond acceptors (Lipinski definition) is 6. The van der Waals surface area contributed by atoms with Crippen molar-refractivity contribution >= 4 is 11.8 Å². The third-order valence-corrected chi connectivity index (χ3v) is 5.03. The van der Waals surface area contributed by atoms with Crippen molar-refractivity contribution < 1.29 is 18.4 Å². The number of hydrogen-bond donors (Lipinski definition) is 1. The van der Waals surface area contributed by atoms with E-state index in [4.69, 9.17) is 4.42 Å². The van der Waals surface area contributed by atoms with Gasteiger partial charge in [0.25, 0.3) is 11.8 Å². The van der Waals surface area contributed by atoms with Crippen LogP contribution in [0.3, 0.4) is 0 Å². The summed E-state index contributed by atoms with van der Waals surface area (Å²) in [6, 6.07) is 9.08. The van der Waals surface area contributed by atoms with E-state index >= 15 is 0 Å². The number of nitrogens with zero attached hydrogens (tertiary/aromatic N) is 5. The monoisotopic (exact) mass is 412 g/mol. The van der Waals surface area contributed by atoms with E-state index in [-0.39, 0.29) is 36.9 Å². The zero-order valence-electron chi connectivity index (χ0n) is 16.4. The quantitative estimate of drug-likeness (QED) is 0.661. The molecular weight excluding hydrogens is 391 g/mol. The Hall–Kier alpha value is -3.56.